The van der Waals surface area contributed by atoms with E-state index in [1.807, 2.05) is 24.3 Å². The number of halogens is 1. The average Bonchev–Trinajstić information content (AvgIpc) is 3.03. The van der Waals surface area contributed by atoms with Crippen molar-refractivity contribution < 1.29 is 19.4 Å². The second-order valence-corrected chi connectivity index (χ2v) is 12.5. The maximum atomic E-state index is 13.5. The summed E-state index contributed by atoms with van der Waals surface area (Å²) in [6.45, 7) is 8.94. The van der Waals surface area contributed by atoms with Crippen molar-refractivity contribution >= 4 is 39.9 Å². The first kappa shape index (κ1) is 27.5. The van der Waals surface area contributed by atoms with Crippen LogP contribution < -0.4 is 4.90 Å². The summed E-state index contributed by atoms with van der Waals surface area (Å²) in [5.41, 5.74) is 3.14. The van der Waals surface area contributed by atoms with Gasteiger partial charge in [0.25, 0.3) is 0 Å². The molecular formula is C32H37ClN2O4. The van der Waals surface area contributed by atoms with Crippen LogP contribution in [0.1, 0.15) is 57.3 Å². The van der Waals surface area contributed by atoms with E-state index in [0.29, 0.717) is 37.5 Å². The zero-order chi connectivity index (χ0) is 27.7. The van der Waals surface area contributed by atoms with Gasteiger partial charge >= 0.3 is 5.97 Å². The second-order valence-electron chi connectivity index (χ2n) is 12.0. The monoisotopic (exact) mass is 548 g/mol. The molecule has 2 aliphatic heterocycles. The van der Waals surface area contributed by atoms with Gasteiger partial charge in [-0.1, -0.05) is 74.8 Å². The maximum absolute atomic E-state index is 13.5. The molecule has 0 spiro atoms. The van der Waals surface area contributed by atoms with Crippen molar-refractivity contribution in [2.45, 2.75) is 52.2 Å². The molecule has 2 aliphatic rings. The van der Waals surface area contributed by atoms with E-state index in [9.17, 15) is 14.7 Å². The number of hydrogen-bond acceptors (Lipinski definition) is 4. The normalized spacial score (nSPS) is 20.5. The smallest absolute Gasteiger partial charge is 0.306 e. The minimum Gasteiger partial charge on any atom is -0.481 e. The topological polar surface area (TPSA) is 70.1 Å². The zero-order valence-corrected chi connectivity index (χ0v) is 23.7. The number of anilines is 1. The first-order valence-electron chi connectivity index (χ1n) is 13.8. The van der Waals surface area contributed by atoms with Crippen molar-refractivity contribution in [2.75, 3.05) is 31.1 Å². The highest BCUT2D eigenvalue weighted by atomic mass is 35.5. The number of carboxylic acids is 1. The summed E-state index contributed by atoms with van der Waals surface area (Å²) < 4.78 is 6.91. The third-order valence-corrected chi connectivity index (χ3v) is 7.97. The quantitative estimate of drug-likeness (QED) is 0.391. The van der Waals surface area contributed by atoms with E-state index >= 15 is 0 Å². The van der Waals surface area contributed by atoms with Gasteiger partial charge in [0.2, 0.25) is 5.91 Å². The fourth-order valence-corrected chi connectivity index (χ4v) is 6.11. The Morgan fingerprint density at radius 2 is 1.72 bits per heavy atom. The molecule has 0 aromatic heterocycles. The fraction of sp³-hybridized carbons (Fsp3) is 0.438. The predicted molar refractivity (Wildman–Crippen MR) is 155 cm³/mol. The molecule has 5 rings (SSSR count). The Balaban J connectivity index is 1.51. The molecule has 0 bridgehead atoms. The molecular weight excluding hydrogens is 512 g/mol. The largest absolute Gasteiger partial charge is 0.481 e. The summed E-state index contributed by atoms with van der Waals surface area (Å²) >= 11 is 6.56. The van der Waals surface area contributed by atoms with Crippen molar-refractivity contribution in [3.8, 4) is 0 Å². The van der Waals surface area contributed by atoms with Crippen LogP contribution in [0.25, 0.3) is 10.8 Å². The Labute approximate surface area is 235 Å². The Hall–Kier alpha value is -3.09. The molecule has 2 atom stereocenters. The van der Waals surface area contributed by atoms with E-state index in [0.717, 1.165) is 34.1 Å². The van der Waals surface area contributed by atoms with Crippen LogP contribution in [0.15, 0.2) is 60.7 Å². The van der Waals surface area contributed by atoms with Crippen molar-refractivity contribution in [1.82, 2.24) is 4.90 Å². The van der Waals surface area contributed by atoms with Crippen molar-refractivity contribution in [3.63, 3.8) is 0 Å². The van der Waals surface area contributed by atoms with Gasteiger partial charge < -0.3 is 19.6 Å². The standard InChI is InChI=1S/C32H37ClN2O4/c1-32(2,3)20-35-19-24(18-29(36)34-15-13-22(14-16-34)31(37)38)39-30(27-17-23(33)11-12-28(27)35)26-10-6-8-21-7-4-5-9-25(21)26/h4-12,17,22,24,30H,13-16,18-20H2,1-3H3,(H,37,38)/t24-,30-/m0/s1. The maximum Gasteiger partial charge on any atom is 0.306 e. The molecule has 206 valence electrons. The van der Waals surface area contributed by atoms with Gasteiger partial charge in [-0.15, -0.1) is 0 Å². The Bertz CT molecular complexity index is 1350. The number of ether oxygens (including phenoxy) is 1. The van der Waals surface area contributed by atoms with Crippen molar-refractivity contribution in [1.29, 1.82) is 0 Å². The van der Waals surface area contributed by atoms with Crippen LogP contribution in [-0.2, 0) is 14.3 Å². The van der Waals surface area contributed by atoms with E-state index in [2.05, 4.69) is 62.1 Å². The third-order valence-electron chi connectivity index (χ3n) is 7.74. The molecule has 0 saturated carbocycles. The van der Waals surface area contributed by atoms with Gasteiger partial charge in [-0.25, -0.2) is 0 Å². The minimum absolute atomic E-state index is 0.0141. The summed E-state index contributed by atoms with van der Waals surface area (Å²) in [5.74, 6) is -1.14. The lowest BCUT2D eigenvalue weighted by Crippen LogP contribution is -2.44. The van der Waals surface area contributed by atoms with Crippen molar-refractivity contribution in [2.24, 2.45) is 11.3 Å². The molecule has 6 nitrogen and oxygen atoms in total. The number of carbonyl (C=O) groups excluding carboxylic acids is 1. The Morgan fingerprint density at radius 1 is 1.00 bits per heavy atom. The van der Waals surface area contributed by atoms with Gasteiger partial charge in [-0.2, -0.15) is 0 Å². The second kappa shape index (κ2) is 11.2. The highest BCUT2D eigenvalue weighted by Gasteiger charge is 2.35. The number of nitrogens with zero attached hydrogens (tertiary/aromatic N) is 2. The first-order valence-corrected chi connectivity index (χ1v) is 14.1. The lowest BCUT2D eigenvalue weighted by Gasteiger charge is -2.34. The van der Waals surface area contributed by atoms with E-state index in [4.69, 9.17) is 16.3 Å². The predicted octanol–water partition coefficient (Wildman–Crippen LogP) is 6.55. The number of likely N-dealkylation sites (tertiary alicyclic amines) is 1. The van der Waals surface area contributed by atoms with Gasteiger partial charge in [-0.3, -0.25) is 9.59 Å². The number of benzene rings is 3. The molecule has 0 aliphatic carbocycles. The van der Waals surface area contributed by atoms with Gasteiger partial charge in [0.1, 0.15) is 6.10 Å². The van der Waals surface area contributed by atoms with E-state index in [1.165, 1.54) is 0 Å². The summed E-state index contributed by atoms with van der Waals surface area (Å²) in [7, 11) is 0. The van der Waals surface area contributed by atoms with Crippen LogP contribution in [0, 0.1) is 11.3 Å². The van der Waals surface area contributed by atoms with Gasteiger partial charge in [0.15, 0.2) is 0 Å². The molecule has 3 aromatic rings. The number of carbonyl (C=O) groups is 2. The van der Waals surface area contributed by atoms with Crippen LogP contribution in [0.3, 0.4) is 0 Å². The number of fused-ring (bicyclic) bond motifs is 2. The molecule has 1 saturated heterocycles. The van der Waals surface area contributed by atoms with Gasteiger partial charge in [0, 0.05) is 42.5 Å². The van der Waals surface area contributed by atoms with Crippen LogP contribution in [0.2, 0.25) is 5.02 Å². The number of rotatable bonds is 5. The van der Waals surface area contributed by atoms with Crippen LogP contribution in [-0.4, -0.2) is 54.2 Å². The average molecular weight is 549 g/mol. The molecule has 1 N–H and O–H groups in total. The highest BCUT2D eigenvalue weighted by Crippen LogP contribution is 2.42. The van der Waals surface area contributed by atoms with E-state index < -0.39 is 12.1 Å². The zero-order valence-electron chi connectivity index (χ0n) is 22.9. The van der Waals surface area contributed by atoms with Crippen LogP contribution in [0.4, 0.5) is 5.69 Å². The number of aliphatic carboxylic acids is 1. The lowest BCUT2D eigenvalue weighted by molar-refractivity contribution is -0.146. The summed E-state index contributed by atoms with van der Waals surface area (Å²) in [6.07, 6.45) is 0.468. The number of carboxylic acid groups (broad SMARTS) is 1. The molecule has 0 radical (unpaired) electrons. The number of hydrogen-bond donors (Lipinski definition) is 1. The summed E-state index contributed by atoms with van der Waals surface area (Å²) in [4.78, 5) is 29.0. The highest BCUT2D eigenvalue weighted by molar-refractivity contribution is 6.30. The number of amides is 1. The van der Waals surface area contributed by atoms with Crippen LogP contribution in [0.5, 0.6) is 0 Å². The summed E-state index contributed by atoms with van der Waals surface area (Å²) in [6, 6.07) is 20.5. The molecule has 0 unspecified atom stereocenters. The third kappa shape index (κ3) is 6.23. The minimum atomic E-state index is -0.777. The Morgan fingerprint density at radius 3 is 2.44 bits per heavy atom. The molecule has 2 heterocycles. The Kier molecular flexibility index (Phi) is 7.88. The summed E-state index contributed by atoms with van der Waals surface area (Å²) in [5, 5.41) is 12.2. The first-order chi connectivity index (χ1) is 18.6. The molecule has 7 heteroatoms. The van der Waals surface area contributed by atoms with Gasteiger partial charge in [-0.05, 0) is 52.8 Å². The molecule has 3 aromatic carbocycles. The van der Waals surface area contributed by atoms with E-state index in [-0.39, 0.29) is 29.8 Å². The van der Waals surface area contributed by atoms with E-state index in [1.54, 1.807) is 4.90 Å². The molecule has 39 heavy (non-hydrogen) atoms. The SMILES string of the molecule is CC(C)(C)CN1C[C@H](CC(=O)N2CCC(C(=O)O)CC2)O[C@@H](c2cccc3ccccc23)c2cc(Cl)ccc21. The van der Waals surface area contributed by atoms with Crippen LogP contribution >= 0.6 is 11.6 Å². The van der Waals surface area contributed by atoms with Gasteiger partial charge in [0.05, 0.1) is 18.4 Å². The lowest BCUT2D eigenvalue weighted by atomic mass is 9.93. The molecule has 1 fully saturated rings. The fourth-order valence-electron chi connectivity index (χ4n) is 5.93. The molecule has 1 amide bonds. The van der Waals surface area contributed by atoms with Crippen molar-refractivity contribution in [3.05, 3.63) is 76.8 Å². The number of piperidine rings is 1.